The van der Waals surface area contributed by atoms with Gasteiger partial charge >= 0.3 is 0 Å². The molecule has 1 saturated carbocycles. The van der Waals surface area contributed by atoms with Crippen molar-refractivity contribution in [2.45, 2.75) is 38.1 Å². The van der Waals surface area contributed by atoms with Crippen LogP contribution in [0.4, 0.5) is 0 Å². The molecule has 0 aromatic carbocycles. The van der Waals surface area contributed by atoms with Gasteiger partial charge in [-0.3, -0.25) is 9.59 Å². The van der Waals surface area contributed by atoms with E-state index >= 15 is 0 Å². The van der Waals surface area contributed by atoms with Crippen LogP contribution in [-0.2, 0) is 9.59 Å². The van der Waals surface area contributed by atoms with E-state index in [0.29, 0.717) is 25.4 Å². The molecule has 4 heteroatoms. The van der Waals surface area contributed by atoms with E-state index in [1.165, 1.54) is 6.42 Å². The smallest absolute Gasteiger partial charge is 0.227 e. The Kier molecular flexibility index (Phi) is 2.93. The van der Waals surface area contributed by atoms with Gasteiger partial charge in [-0.1, -0.05) is 0 Å². The van der Waals surface area contributed by atoms with Crippen molar-refractivity contribution in [2.75, 3.05) is 13.6 Å². The van der Waals surface area contributed by atoms with Crippen molar-refractivity contribution in [1.29, 1.82) is 0 Å². The second-order valence-corrected chi connectivity index (χ2v) is 4.57. The predicted molar refractivity (Wildman–Crippen MR) is 56.1 cm³/mol. The first kappa shape index (κ1) is 10.5. The van der Waals surface area contributed by atoms with E-state index in [2.05, 4.69) is 5.32 Å². The van der Waals surface area contributed by atoms with Crippen LogP contribution in [0.2, 0.25) is 0 Å². The van der Waals surface area contributed by atoms with Crippen LogP contribution in [0.1, 0.15) is 32.1 Å². The maximum absolute atomic E-state index is 12.0. The van der Waals surface area contributed by atoms with E-state index in [0.717, 1.165) is 12.8 Å². The van der Waals surface area contributed by atoms with Crippen molar-refractivity contribution in [3.05, 3.63) is 0 Å². The molecule has 2 fully saturated rings. The van der Waals surface area contributed by atoms with Crippen LogP contribution in [0.3, 0.4) is 0 Å². The molecule has 1 N–H and O–H groups in total. The minimum atomic E-state index is 0.00769. The molecule has 1 atom stereocenters. The molecule has 0 spiro atoms. The molecular weight excluding hydrogens is 192 g/mol. The monoisotopic (exact) mass is 210 g/mol. The van der Waals surface area contributed by atoms with Gasteiger partial charge < -0.3 is 10.2 Å². The van der Waals surface area contributed by atoms with Crippen LogP contribution in [0, 0.1) is 5.92 Å². The summed E-state index contributed by atoms with van der Waals surface area (Å²) in [6, 6.07) is 0.454. The molecule has 1 aliphatic carbocycles. The van der Waals surface area contributed by atoms with E-state index in [4.69, 9.17) is 0 Å². The first-order chi connectivity index (χ1) is 7.18. The van der Waals surface area contributed by atoms with Crippen LogP contribution >= 0.6 is 0 Å². The molecule has 1 unspecified atom stereocenters. The van der Waals surface area contributed by atoms with Gasteiger partial charge in [0.2, 0.25) is 11.8 Å². The number of rotatable bonds is 2. The van der Waals surface area contributed by atoms with E-state index in [1.54, 1.807) is 0 Å². The largest absolute Gasteiger partial charge is 0.355 e. The zero-order chi connectivity index (χ0) is 10.8. The number of hydrogen-bond acceptors (Lipinski definition) is 2. The number of nitrogens with zero attached hydrogens (tertiary/aromatic N) is 1. The Morgan fingerprint density at radius 1 is 1.40 bits per heavy atom. The number of hydrogen-bond donors (Lipinski definition) is 1. The molecule has 84 valence electrons. The zero-order valence-electron chi connectivity index (χ0n) is 9.16. The highest BCUT2D eigenvalue weighted by Gasteiger charge is 2.32. The highest BCUT2D eigenvalue weighted by Crippen LogP contribution is 2.25. The third-order valence-corrected chi connectivity index (χ3v) is 3.58. The molecule has 0 bridgehead atoms. The molecule has 2 aliphatic rings. The third-order valence-electron chi connectivity index (χ3n) is 3.58. The van der Waals surface area contributed by atoms with Crippen molar-refractivity contribution in [3.8, 4) is 0 Å². The van der Waals surface area contributed by atoms with Crippen LogP contribution in [0.25, 0.3) is 0 Å². The topological polar surface area (TPSA) is 49.4 Å². The van der Waals surface area contributed by atoms with Gasteiger partial charge in [0.15, 0.2) is 0 Å². The molecule has 4 nitrogen and oxygen atoms in total. The Hall–Kier alpha value is -1.06. The van der Waals surface area contributed by atoms with Gasteiger partial charge in [0.1, 0.15) is 0 Å². The fraction of sp³-hybridized carbons (Fsp3) is 0.818. The molecule has 2 rings (SSSR count). The number of amides is 2. The summed E-state index contributed by atoms with van der Waals surface area (Å²) in [4.78, 5) is 24.9. The first-order valence-corrected chi connectivity index (χ1v) is 5.72. The van der Waals surface area contributed by atoms with Gasteiger partial charge in [0, 0.05) is 26.1 Å². The van der Waals surface area contributed by atoms with Crippen LogP contribution in [0.5, 0.6) is 0 Å². The molecular formula is C11H18N2O2. The number of carbonyl (C=O) groups excluding carboxylic acids is 2. The van der Waals surface area contributed by atoms with E-state index in [-0.39, 0.29) is 17.7 Å². The van der Waals surface area contributed by atoms with Gasteiger partial charge in [0.25, 0.3) is 0 Å². The summed E-state index contributed by atoms with van der Waals surface area (Å²) in [5, 5.41) is 2.76. The summed E-state index contributed by atoms with van der Waals surface area (Å²) in [7, 11) is 1.89. The normalized spacial score (nSPS) is 26.7. The lowest BCUT2D eigenvalue weighted by atomic mass is 9.89. The Bertz CT molecular complexity index is 264. The predicted octanol–water partition coefficient (Wildman–Crippen LogP) is 0.523. The molecule has 15 heavy (non-hydrogen) atoms. The quantitative estimate of drug-likeness (QED) is 0.722. The lowest BCUT2D eigenvalue weighted by Crippen LogP contribution is -2.48. The summed E-state index contributed by atoms with van der Waals surface area (Å²) in [5.74, 6) is 0.290. The lowest BCUT2D eigenvalue weighted by Gasteiger charge is -2.37. The summed E-state index contributed by atoms with van der Waals surface area (Å²) >= 11 is 0. The number of piperidine rings is 1. The van der Waals surface area contributed by atoms with Gasteiger partial charge in [-0.2, -0.15) is 0 Å². The van der Waals surface area contributed by atoms with Gasteiger partial charge in [0.05, 0.1) is 5.92 Å². The Morgan fingerprint density at radius 2 is 2.13 bits per heavy atom. The van der Waals surface area contributed by atoms with Crippen LogP contribution in [-0.4, -0.2) is 36.3 Å². The number of nitrogens with one attached hydrogen (secondary N) is 1. The average molecular weight is 210 g/mol. The minimum Gasteiger partial charge on any atom is -0.355 e. The second-order valence-electron chi connectivity index (χ2n) is 4.57. The summed E-state index contributed by atoms with van der Waals surface area (Å²) in [6.45, 7) is 0.523. The first-order valence-electron chi connectivity index (χ1n) is 5.72. The maximum Gasteiger partial charge on any atom is 0.227 e. The van der Waals surface area contributed by atoms with Crippen molar-refractivity contribution in [1.82, 2.24) is 10.2 Å². The molecule has 0 aromatic rings. The van der Waals surface area contributed by atoms with E-state index in [9.17, 15) is 9.59 Å². The fourth-order valence-corrected chi connectivity index (χ4v) is 2.19. The summed E-state index contributed by atoms with van der Waals surface area (Å²) in [6.07, 6.45) is 4.73. The second kappa shape index (κ2) is 4.21. The molecule has 2 amide bonds. The number of carbonyl (C=O) groups is 2. The minimum absolute atomic E-state index is 0.00769. The SMILES string of the molecule is CN(C(=O)C1CCC(=O)NC1)C1CCC1. The van der Waals surface area contributed by atoms with Gasteiger partial charge in [-0.05, 0) is 25.7 Å². The molecule has 1 saturated heterocycles. The van der Waals surface area contributed by atoms with Crippen LogP contribution < -0.4 is 5.32 Å². The molecule has 0 radical (unpaired) electrons. The fourth-order valence-electron chi connectivity index (χ4n) is 2.19. The average Bonchev–Trinajstić information content (AvgIpc) is 2.15. The Morgan fingerprint density at radius 3 is 2.60 bits per heavy atom. The van der Waals surface area contributed by atoms with E-state index in [1.807, 2.05) is 11.9 Å². The highest BCUT2D eigenvalue weighted by atomic mass is 16.2. The Labute approximate surface area is 90.0 Å². The van der Waals surface area contributed by atoms with Gasteiger partial charge in [-0.15, -0.1) is 0 Å². The third kappa shape index (κ3) is 2.13. The molecule has 1 heterocycles. The van der Waals surface area contributed by atoms with Crippen molar-refractivity contribution in [2.24, 2.45) is 5.92 Å². The summed E-state index contributed by atoms with van der Waals surface area (Å²) in [5.41, 5.74) is 0. The zero-order valence-corrected chi connectivity index (χ0v) is 9.16. The molecule has 1 aliphatic heterocycles. The van der Waals surface area contributed by atoms with Crippen molar-refractivity contribution in [3.63, 3.8) is 0 Å². The van der Waals surface area contributed by atoms with Crippen LogP contribution in [0.15, 0.2) is 0 Å². The lowest BCUT2D eigenvalue weighted by molar-refractivity contribution is -0.139. The highest BCUT2D eigenvalue weighted by molar-refractivity contribution is 5.83. The standard InChI is InChI=1S/C11H18N2O2/c1-13(9-3-2-4-9)11(15)8-5-6-10(14)12-7-8/h8-9H,2-7H2,1H3,(H,12,14). The van der Waals surface area contributed by atoms with Crippen molar-refractivity contribution < 1.29 is 9.59 Å². The van der Waals surface area contributed by atoms with Crippen molar-refractivity contribution >= 4 is 11.8 Å². The Balaban J connectivity index is 1.86. The van der Waals surface area contributed by atoms with E-state index < -0.39 is 0 Å². The van der Waals surface area contributed by atoms with Gasteiger partial charge in [-0.25, -0.2) is 0 Å². The maximum atomic E-state index is 12.0. The molecule has 0 aromatic heterocycles. The summed E-state index contributed by atoms with van der Waals surface area (Å²) < 4.78 is 0.